The van der Waals surface area contributed by atoms with E-state index in [1.54, 1.807) is 18.2 Å². The zero-order valence-electron chi connectivity index (χ0n) is 14.3. The zero-order chi connectivity index (χ0) is 18.9. The number of furan rings is 1. The Labute approximate surface area is 150 Å². The smallest absolute Gasteiger partial charge is 0.338 e. The van der Waals surface area contributed by atoms with Crippen LogP contribution in [0.2, 0.25) is 0 Å². The highest BCUT2D eigenvalue weighted by atomic mass is 16.5. The van der Waals surface area contributed by atoms with Gasteiger partial charge in [-0.25, -0.2) is 4.79 Å². The Balaban J connectivity index is 1.94. The van der Waals surface area contributed by atoms with Gasteiger partial charge in [0.25, 0.3) is 11.8 Å². The third kappa shape index (κ3) is 5.45. The third-order valence-electron chi connectivity index (χ3n) is 3.41. The molecule has 0 fully saturated rings. The molecule has 1 heterocycles. The van der Waals surface area contributed by atoms with Crippen LogP contribution < -0.4 is 10.6 Å². The first kappa shape index (κ1) is 19.2. The fourth-order valence-corrected chi connectivity index (χ4v) is 2.12. The van der Waals surface area contributed by atoms with Gasteiger partial charge in [0.2, 0.25) is 0 Å². The molecule has 0 aliphatic heterocycles. The first-order valence-electron chi connectivity index (χ1n) is 8.10. The number of carbonyl (C=O) groups is 3. The highest BCUT2D eigenvalue weighted by Gasteiger charge is 2.15. The average molecular weight is 360 g/mol. The summed E-state index contributed by atoms with van der Waals surface area (Å²) >= 11 is 0. The molecule has 0 aliphatic carbocycles. The highest BCUT2D eigenvalue weighted by molar-refractivity contribution is 6.04. The third-order valence-corrected chi connectivity index (χ3v) is 3.41. The molecular formula is C18H20N2O6. The van der Waals surface area contributed by atoms with Crippen LogP contribution in [-0.2, 0) is 4.74 Å². The quantitative estimate of drug-likeness (QED) is 0.591. The van der Waals surface area contributed by atoms with Crippen LogP contribution in [0.15, 0.2) is 41.0 Å². The van der Waals surface area contributed by atoms with Gasteiger partial charge in [-0.15, -0.1) is 0 Å². The summed E-state index contributed by atoms with van der Waals surface area (Å²) < 4.78 is 10.1. The normalized spacial score (nSPS) is 10.3. The molecule has 26 heavy (non-hydrogen) atoms. The number of carbonyl (C=O) groups excluding carboxylic acids is 2. The summed E-state index contributed by atoms with van der Waals surface area (Å²) in [5.41, 5.74) is 0.672. The fourth-order valence-electron chi connectivity index (χ4n) is 2.12. The van der Waals surface area contributed by atoms with Crippen molar-refractivity contribution < 1.29 is 28.6 Å². The largest absolute Gasteiger partial charge is 0.478 e. The van der Waals surface area contributed by atoms with Gasteiger partial charge < -0.3 is 24.9 Å². The minimum atomic E-state index is -1.18. The molecule has 3 N–H and O–H groups in total. The summed E-state index contributed by atoms with van der Waals surface area (Å²) in [4.78, 5) is 35.0. The molecule has 0 saturated carbocycles. The van der Waals surface area contributed by atoms with Gasteiger partial charge >= 0.3 is 5.97 Å². The molecule has 0 aliphatic rings. The predicted molar refractivity (Wildman–Crippen MR) is 93.5 cm³/mol. The number of carboxylic acids is 1. The molecule has 1 aromatic heterocycles. The van der Waals surface area contributed by atoms with Gasteiger partial charge in [0, 0.05) is 37.1 Å². The van der Waals surface area contributed by atoms with E-state index in [0.717, 1.165) is 12.3 Å². The second kappa shape index (κ2) is 9.38. The lowest BCUT2D eigenvalue weighted by molar-refractivity contribution is 0.0695. The van der Waals surface area contributed by atoms with Crippen LogP contribution in [0.25, 0.3) is 0 Å². The molecule has 0 unspecified atom stereocenters. The number of hydrogen-bond donors (Lipinski definition) is 3. The predicted octanol–water partition coefficient (Wildman–Crippen LogP) is 2.39. The summed E-state index contributed by atoms with van der Waals surface area (Å²) in [5.74, 6) is -2.18. The number of rotatable bonds is 9. The summed E-state index contributed by atoms with van der Waals surface area (Å²) in [6, 6.07) is 7.53. The Hall–Kier alpha value is -3.13. The lowest BCUT2D eigenvalue weighted by Gasteiger charge is -2.08. The Morgan fingerprint density at radius 3 is 2.65 bits per heavy atom. The van der Waals surface area contributed by atoms with E-state index >= 15 is 0 Å². The van der Waals surface area contributed by atoms with Crippen molar-refractivity contribution in [1.29, 1.82) is 0 Å². The standard InChI is InChI=1S/C18H20N2O6/c1-2-25-8-4-7-19-16(21)12-5-3-6-14(9-12)20-17(22)15-10-13(11-26-15)18(23)24/h3,5-6,9-11H,2,4,7-8H2,1H3,(H,19,21)(H,20,22)(H,23,24). The lowest BCUT2D eigenvalue weighted by atomic mass is 10.2. The molecule has 0 radical (unpaired) electrons. The van der Waals surface area contributed by atoms with E-state index in [4.69, 9.17) is 14.3 Å². The number of aromatic carboxylic acids is 1. The van der Waals surface area contributed by atoms with Gasteiger partial charge in [0.1, 0.15) is 6.26 Å². The number of benzene rings is 1. The maximum atomic E-state index is 12.1. The SMILES string of the molecule is CCOCCCNC(=O)c1cccc(NC(=O)c2cc(C(=O)O)co2)c1. The highest BCUT2D eigenvalue weighted by Crippen LogP contribution is 2.14. The average Bonchev–Trinajstić information content (AvgIpc) is 3.12. The maximum absolute atomic E-state index is 12.1. The molecule has 2 aromatic rings. The van der Waals surface area contributed by atoms with E-state index in [-0.39, 0.29) is 17.2 Å². The molecule has 0 atom stereocenters. The molecule has 2 amide bonds. The minimum Gasteiger partial charge on any atom is -0.478 e. The molecule has 8 heteroatoms. The van der Waals surface area contributed by atoms with Crippen LogP contribution in [0, 0.1) is 0 Å². The maximum Gasteiger partial charge on any atom is 0.338 e. The van der Waals surface area contributed by atoms with Crippen molar-refractivity contribution >= 4 is 23.5 Å². The van der Waals surface area contributed by atoms with Crippen molar-refractivity contribution in [3.05, 3.63) is 53.5 Å². The van der Waals surface area contributed by atoms with Crippen molar-refractivity contribution in [3.8, 4) is 0 Å². The number of amides is 2. The summed E-state index contributed by atoms with van der Waals surface area (Å²) in [7, 11) is 0. The van der Waals surface area contributed by atoms with Gasteiger partial charge in [0.05, 0.1) is 5.56 Å². The Bertz CT molecular complexity index is 783. The minimum absolute atomic E-state index is 0.115. The number of anilines is 1. The molecule has 1 aromatic carbocycles. The van der Waals surface area contributed by atoms with E-state index in [1.807, 2.05) is 6.92 Å². The zero-order valence-corrected chi connectivity index (χ0v) is 14.3. The molecule has 138 valence electrons. The number of nitrogens with one attached hydrogen (secondary N) is 2. The molecular weight excluding hydrogens is 340 g/mol. The second-order valence-electron chi connectivity index (χ2n) is 5.35. The summed E-state index contributed by atoms with van der Waals surface area (Å²) in [6.07, 6.45) is 1.70. The Morgan fingerprint density at radius 1 is 1.15 bits per heavy atom. The van der Waals surface area contributed by atoms with Crippen LogP contribution in [0.4, 0.5) is 5.69 Å². The number of carboxylic acid groups (broad SMARTS) is 1. The van der Waals surface area contributed by atoms with E-state index in [9.17, 15) is 14.4 Å². The Morgan fingerprint density at radius 2 is 1.96 bits per heavy atom. The fraction of sp³-hybridized carbons (Fsp3) is 0.278. The van der Waals surface area contributed by atoms with Gasteiger partial charge in [-0.05, 0) is 31.5 Å². The second-order valence-corrected chi connectivity index (χ2v) is 5.35. The van der Waals surface area contributed by atoms with Gasteiger partial charge in [0.15, 0.2) is 5.76 Å². The summed E-state index contributed by atoms with van der Waals surface area (Å²) in [5, 5.41) is 14.2. The topological polar surface area (TPSA) is 118 Å². The number of ether oxygens (including phenoxy) is 1. The van der Waals surface area contributed by atoms with Crippen molar-refractivity contribution in [2.45, 2.75) is 13.3 Å². The molecule has 0 bridgehead atoms. The van der Waals surface area contributed by atoms with Crippen LogP contribution in [-0.4, -0.2) is 42.6 Å². The lowest BCUT2D eigenvalue weighted by Crippen LogP contribution is -2.25. The first-order chi connectivity index (χ1) is 12.5. The first-order valence-corrected chi connectivity index (χ1v) is 8.10. The van der Waals surface area contributed by atoms with Crippen LogP contribution >= 0.6 is 0 Å². The van der Waals surface area contributed by atoms with Crippen molar-refractivity contribution in [2.75, 3.05) is 25.1 Å². The van der Waals surface area contributed by atoms with Gasteiger partial charge in [-0.3, -0.25) is 9.59 Å². The van der Waals surface area contributed by atoms with Crippen LogP contribution in [0.1, 0.15) is 44.6 Å². The van der Waals surface area contributed by atoms with Crippen LogP contribution in [0.3, 0.4) is 0 Å². The van der Waals surface area contributed by atoms with Crippen molar-refractivity contribution in [2.24, 2.45) is 0 Å². The van der Waals surface area contributed by atoms with Gasteiger partial charge in [-0.1, -0.05) is 6.07 Å². The monoisotopic (exact) mass is 360 g/mol. The van der Waals surface area contributed by atoms with Crippen LogP contribution in [0.5, 0.6) is 0 Å². The van der Waals surface area contributed by atoms with E-state index < -0.39 is 11.9 Å². The van der Waals surface area contributed by atoms with Crippen molar-refractivity contribution in [3.63, 3.8) is 0 Å². The molecule has 8 nitrogen and oxygen atoms in total. The molecule has 2 rings (SSSR count). The van der Waals surface area contributed by atoms with E-state index in [2.05, 4.69) is 10.6 Å². The van der Waals surface area contributed by atoms with Crippen molar-refractivity contribution in [1.82, 2.24) is 5.32 Å². The number of hydrogen-bond acceptors (Lipinski definition) is 5. The molecule has 0 saturated heterocycles. The Kier molecular flexibility index (Phi) is 6.92. The summed E-state index contributed by atoms with van der Waals surface area (Å²) in [6.45, 7) is 3.61. The van der Waals surface area contributed by atoms with Gasteiger partial charge in [-0.2, -0.15) is 0 Å². The van der Waals surface area contributed by atoms with E-state index in [1.165, 1.54) is 6.07 Å². The molecule has 0 spiro atoms. The van der Waals surface area contributed by atoms with E-state index in [0.29, 0.717) is 37.4 Å².